The van der Waals surface area contributed by atoms with Crippen molar-refractivity contribution in [3.05, 3.63) is 36.3 Å². The molecule has 3 N–H and O–H groups in total. The summed E-state index contributed by atoms with van der Waals surface area (Å²) in [5.74, 6) is 1.04. The van der Waals surface area contributed by atoms with Crippen LogP contribution >= 0.6 is 0 Å². The maximum atomic E-state index is 12.9. The number of urea groups is 1. The highest BCUT2D eigenvalue weighted by Crippen LogP contribution is 2.35. The van der Waals surface area contributed by atoms with E-state index >= 15 is 0 Å². The van der Waals surface area contributed by atoms with E-state index < -0.39 is 0 Å². The SMILES string of the molecule is CN(C)C(=O)c1cc2cnc(Nc3ccc(N4CCN(C(N)=O)CC4)cn3)nc2n1C1CCCC1. The van der Waals surface area contributed by atoms with Crippen molar-refractivity contribution in [2.24, 2.45) is 5.73 Å². The second-order valence-electron chi connectivity index (χ2n) is 9.35. The van der Waals surface area contributed by atoms with Gasteiger partial charge in [0.1, 0.15) is 17.2 Å². The lowest BCUT2D eigenvalue weighted by atomic mass is 10.2. The van der Waals surface area contributed by atoms with Gasteiger partial charge in [-0.25, -0.2) is 14.8 Å². The summed E-state index contributed by atoms with van der Waals surface area (Å²) < 4.78 is 2.10. The van der Waals surface area contributed by atoms with Crippen molar-refractivity contribution >= 4 is 40.4 Å². The van der Waals surface area contributed by atoms with E-state index in [1.807, 2.05) is 18.2 Å². The molecule has 4 heterocycles. The number of anilines is 3. The van der Waals surface area contributed by atoms with Crippen LogP contribution in [0.3, 0.4) is 0 Å². The molecular formula is C24H31N9O2. The van der Waals surface area contributed by atoms with Crippen LogP contribution in [-0.2, 0) is 0 Å². The van der Waals surface area contributed by atoms with Crippen LogP contribution in [-0.4, -0.2) is 81.5 Å². The Bertz CT molecular complexity index is 1220. The molecule has 11 nitrogen and oxygen atoms in total. The van der Waals surface area contributed by atoms with Crippen LogP contribution in [0.2, 0.25) is 0 Å². The van der Waals surface area contributed by atoms with Gasteiger partial charge in [-0.2, -0.15) is 4.98 Å². The van der Waals surface area contributed by atoms with Crippen LogP contribution in [0, 0.1) is 0 Å². The molecule has 1 saturated carbocycles. The van der Waals surface area contributed by atoms with Crippen LogP contribution < -0.4 is 16.0 Å². The zero-order chi connectivity index (χ0) is 24.5. The summed E-state index contributed by atoms with van der Waals surface area (Å²) in [6.07, 6.45) is 7.96. The number of aromatic nitrogens is 4. The molecule has 0 atom stereocenters. The Morgan fingerprint density at radius 3 is 2.43 bits per heavy atom. The van der Waals surface area contributed by atoms with E-state index in [9.17, 15) is 9.59 Å². The van der Waals surface area contributed by atoms with Crippen LogP contribution in [0.4, 0.5) is 22.2 Å². The zero-order valence-electron chi connectivity index (χ0n) is 20.1. The molecule has 0 spiro atoms. The van der Waals surface area contributed by atoms with Gasteiger partial charge in [0.05, 0.1) is 11.9 Å². The Kier molecular flexibility index (Phi) is 6.14. The molecule has 184 valence electrons. The highest BCUT2D eigenvalue weighted by molar-refractivity contribution is 5.97. The number of fused-ring (bicyclic) bond motifs is 1. The minimum absolute atomic E-state index is 0.0293. The number of hydrogen-bond donors (Lipinski definition) is 2. The third kappa shape index (κ3) is 4.58. The van der Waals surface area contributed by atoms with E-state index in [0.717, 1.165) is 42.4 Å². The molecule has 2 aliphatic rings. The number of piperazine rings is 1. The lowest BCUT2D eigenvalue weighted by molar-refractivity contribution is 0.0815. The number of nitrogens with one attached hydrogen (secondary N) is 1. The maximum absolute atomic E-state index is 12.9. The Balaban J connectivity index is 1.36. The van der Waals surface area contributed by atoms with Crippen molar-refractivity contribution in [1.82, 2.24) is 29.3 Å². The maximum Gasteiger partial charge on any atom is 0.314 e. The first kappa shape index (κ1) is 22.9. The molecule has 11 heteroatoms. The molecule has 1 aliphatic carbocycles. The lowest BCUT2D eigenvalue weighted by Crippen LogP contribution is -2.50. The van der Waals surface area contributed by atoms with Crippen molar-refractivity contribution in [2.75, 3.05) is 50.5 Å². The van der Waals surface area contributed by atoms with Gasteiger partial charge in [-0.3, -0.25) is 4.79 Å². The molecule has 3 amide bonds. The van der Waals surface area contributed by atoms with E-state index in [1.54, 1.807) is 36.3 Å². The fourth-order valence-corrected chi connectivity index (χ4v) is 4.94. The van der Waals surface area contributed by atoms with E-state index in [4.69, 9.17) is 10.7 Å². The Morgan fingerprint density at radius 2 is 1.80 bits per heavy atom. The van der Waals surface area contributed by atoms with Gasteiger partial charge in [0, 0.05) is 57.9 Å². The number of hydrogen-bond acceptors (Lipinski definition) is 7. The highest BCUT2D eigenvalue weighted by atomic mass is 16.2. The van der Waals surface area contributed by atoms with Gasteiger partial charge in [0.25, 0.3) is 5.91 Å². The Hall–Kier alpha value is -3.89. The summed E-state index contributed by atoms with van der Waals surface area (Å²) >= 11 is 0. The third-order valence-corrected chi connectivity index (χ3v) is 6.84. The standard InChI is InChI=1S/C24H31N9O2/c1-30(2)22(34)19-13-16-14-27-24(29-21(16)33(19)17-5-3-4-6-17)28-20-8-7-18(15-26-20)31-9-11-32(12-10-31)23(25)35/h7-8,13-15,17H,3-6,9-12H2,1-2H3,(H2,25,35)(H,26,27,28,29). The van der Waals surface area contributed by atoms with Crippen molar-refractivity contribution in [3.8, 4) is 0 Å². The fraction of sp³-hybridized carbons (Fsp3) is 0.458. The van der Waals surface area contributed by atoms with Crippen LogP contribution in [0.15, 0.2) is 30.6 Å². The number of carbonyl (C=O) groups is 2. The Labute approximate surface area is 203 Å². The first-order valence-corrected chi connectivity index (χ1v) is 12.0. The minimum Gasteiger partial charge on any atom is -0.367 e. The van der Waals surface area contributed by atoms with Crippen molar-refractivity contribution < 1.29 is 9.59 Å². The summed E-state index contributed by atoms with van der Waals surface area (Å²) in [6, 6.07) is 5.66. The molecular weight excluding hydrogens is 446 g/mol. The van der Waals surface area contributed by atoms with Crippen molar-refractivity contribution in [3.63, 3.8) is 0 Å². The molecule has 2 fully saturated rings. The Morgan fingerprint density at radius 1 is 1.06 bits per heavy atom. The van der Waals surface area contributed by atoms with Crippen molar-refractivity contribution in [2.45, 2.75) is 31.7 Å². The average molecular weight is 478 g/mol. The number of carbonyl (C=O) groups excluding carboxylic acids is 2. The molecule has 3 aromatic heterocycles. The van der Waals surface area contributed by atoms with Gasteiger partial charge in [0.15, 0.2) is 0 Å². The molecule has 0 unspecified atom stereocenters. The number of pyridine rings is 1. The summed E-state index contributed by atoms with van der Waals surface area (Å²) in [7, 11) is 3.54. The van der Waals surface area contributed by atoms with Gasteiger partial charge in [-0.1, -0.05) is 12.8 Å². The average Bonchev–Trinajstić information content (AvgIpc) is 3.51. The van der Waals surface area contributed by atoms with E-state index in [0.29, 0.717) is 43.6 Å². The van der Waals surface area contributed by atoms with Crippen LogP contribution in [0.25, 0.3) is 11.0 Å². The molecule has 35 heavy (non-hydrogen) atoms. The minimum atomic E-state index is -0.378. The highest BCUT2D eigenvalue weighted by Gasteiger charge is 2.26. The van der Waals surface area contributed by atoms with Gasteiger partial charge >= 0.3 is 6.03 Å². The van der Waals surface area contributed by atoms with E-state index in [-0.39, 0.29) is 18.0 Å². The van der Waals surface area contributed by atoms with Gasteiger partial charge < -0.3 is 30.3 Å². The fourth-order valence-electron chi connectivity index (χ4n) is 4.94. The second-order valence-corrected chi connectivity index (χ2v) is 9.35. The summed E-state index contributed by atoms with van der Waals surface area (Å²) in [5, 5.41) is 4.05. The normalized spacial score (nSPS) is 16.6. The number of nitrogens with zero attached hydrogens (tertiary/aromatic N) is 7. The second kappa shape index (κ2) is 9.40. The topological polar surface area (TPSA) is 126 Å². The molecule has 1 aliphatic heterocycles. The molecule has 0 radical (unpaired) electrons. The van der Waals surface area contributed by atoms with Gasteiger partial charge in [-0.05, 0) is 31.0 Å². The number of primary amides is 1. The first-order chi connectivity index (χ1) is 16.9. The lowest BCUT2D eigenvalue weighted by Gasteiger charge is -2.35. The number of amides is 3. The number of nitrogens with two attached hydrogens (primary N) is 1. The van der Waals surface area contributed by atoms with Gasteiger partial charge in [0.2, 0.25) is 5.95 Å². The molecule has 1 saturated heterocycles. The summed E-state index contributed by atoms with van der Waals surface area (Å²) in [5.41, 5.74) is 7.78. The summed E-state index contributed by atoms with van der Waals surface area (Å²) in [4.78, 5) is 43.4. The van der Waals surface area contributed by atoms with E-state index in [1.165, 1.54) is 0 Å². The molecule has 0 aromatic carbocycles. The van der Waals surface area contributed by atoms with Crippen molar-refractivity contribution in [1.29, 1.82) is 0 Å². The summed E-state index contributed by atoms with van der Waals surface area (Å²) in [6.45, 7) is 2.62. The predicted octanol–water partition coefficient (Wildman–Crippen LogP) is 2.59. The van der Waals surface area contributed by atoms with Crippen LogP contribution in [0.1, 0.15) is 42.2 Å². The molecule has 3 aromatic rings. The largest absolute Gasteiger partial charge is 0.367 e. The van der Waals surface area contributed by atoms with Crippen LogP contribution in [0.5, 0.6) is 0 Å². The zero-order valence-corrected chi connectivity index (χ0v) is 20.1. The molecule has 0 bridgehead atoms. The van der Waals surface area contributed by atoms with E-state index in [2.05, 4.69) is 24.8 Å². The first-order valence-electron chi connectivity index (χ1n) is 12.0. The smallest absolute Gasteiger partial charge is 0.314 e. The quantitative estimate of drug-likeness (QED) is 0.578. The number of rotatable bonds is 5. The van der Waals surface area contributed by atoms with Gasteiger partial charge in [-0.15, -0.1) is 0 Å². The third-order valence-electron chi connectivity index (χ3n) is 6.84. The monoisotopic (exact) mass is 477 g/mol. The molecule has 5 rings (SSSR count). The predicted molar refractivity (Wildman–Crippen MR) is 134 cm³/mol.